The third kappa shape index (κ3) is 8.16. The van der Waals surface area contributed by atoms with Crippen LogP contribution in [-0.4, -0.2) is 23.1 Å². The number of ether oxygens (including phenoxy) is 1. The Balaban J connectivity index is 5.16. The van der Waals surface area contributed by atoms with E-state index in [0.29, 0.717) is 43.4 Å². The van der Waals surface area contributed by atoms with Gasteiger partial charge in [-0.1, -0.05) is 41.5 Å². The summed E-state index contributed by atoms with van der Waals surface area (Å²) >= 11 is 0. The van der Waals surface area contributed by atoms with Gasteiger partial charge in [0.2, 0.25) is 0 Å². The van der Waals surface area contributed by atoms with Crippen molar-refractivity contribution in [3.05, 3.63) is 0 Å². The number of carbonyl (C=O) groups excluding carboxylic acids is 1. The van der Waals surface area contributed by atoms with Gasteiger partial charge in [-0.3, -0.25) is 9.59 Å². The molecule has 0 spiro atoms. The highest BCUT2D eigenvalue weighted by Crippen LogP contribution is 2.35. The molecular formula is C20H38O4. The second kappa shape index (κ2) is 10.7. The first-order chi connectivity index (χ1) is 11.0. The molecule has 24 heavy (non-hydrogen) atoms. The summed E-state index contributed by atoms with van der Waals surface area (Å²) in [5, 5.41) is 9.85. The van der Waals surface area contributed by atoms with Gasteiger partial charge in [0, 0.05) is 0 Å². The lowest BCUT2D eigenvalue weighted by atomic mass is 9.76. The normalized spacial score (nSPS) is 13.6. The molecule has 1 atom stereocenters. The van der Waals surface area contributed by atoms with Crippen molar-refractivity contribution in [1.82, 2.24) is 0 Å². The molecule has 0 saturated heterocycles. The molecule has 0 aliphatic carbocycles. The Morgan fingerprint density at radius 3 is 1.54 bits per heavy atom. The predicted octanol–water partition coefficient (Wildman–Crippen LogP) is 5.30. The molecule has 142 valence electrons. The predicted molar refractivity (Wildman–Crippen MR) is 97.8 cm³/mol. The van der Waals surface area contributed by atoms with Crippen LogP contribution in [0.1, 0.15) is 87.0 Å². The van der Waals surface area contributed by atoms with E-state index in [9.17, 15) is 14.7 Å². The molecule has 0 amide bonds. The molecule has 4 heteroatoms. The smallest absolute Gasteiger partial charge is 0.323 e. The van der Waals surface area contributed by atoms with Gasteiger partial charge in [0.05, 0.1) is 6.10 Å². The highest BCUT2D eigenvalue weighted by Gasteiger charge is 2.47. The average Bonchev–Trinajstić information content (AvgIpc) is 2.44. The summed E-state index contributed by atoms with van der Waals surface area (Å²) in [6, 6.07) is 0. The first-order valence-electron chi connectivity index (χ1n) is 9.45. The molecule has 0 aromatic heterocycles. The third-order valence-electron chi connectivity index (χ3n) is 4.56. The van der Waals surface area contributed by atoms with Crippen molar-refractivity contribution in [3.63, 3.8) is 0 Å². The van der Waals surface area contributed by atoms with Gasteiger partial charge < -0.3 is 9.84 Å². The first-order valence-corrected chi connectivity index (χ1v) is 9.45. The van der Waals surface area contributed by atoms with E-state index in [1.807, 2.05) is 34.6 Å². The fraction of sp³-hybridized carbons (Fsp3) is 0.900. The van der Waals surface area contributed by atoms with Crippen molar-refractivity contribution in [3.8, 4) is 0 Å². The fourth-order valence-electron chi connectivity index (χ4n) is 2.62. The number of carboxylic acid groups (broad SMARTS) is 1. The Morgan fingerprint density at radius 1 is 0.792 bits per heavy atom. The second-order valence-corrected chi connectivity index (χ2v) is 8.44. The van der Waals surface area contributed by atoms with Crippen molar-refractivity contribution in [2.45, 2.75) is 93.1 Å². The SMILES string of the molecule is CC(C)CCC(C)OC(=O)C(CCC(C)C)(CCC(C)C)C(=O)O. The van der Waals surface area contributed by atoms with E-state index in [2.05, 4.69) is 13.8 Å². The van der Waals surface area contributed by atoms with Gasteiger partial charge in [-0.25, -0.2) is 0 Å². The van der Waals surface area contributed by atoms with Gasteiger partial charge in [0.1, 0.15) is 0 Å². The quantitative estimate of drug-likeness (QED) is 0.386. The zero-order valence-electron chi connectivity index (χ0n) is 16.7. The summed E-state index contributed by atoms with van der Waals surface area (Å²) in [5.41, 5.74) is -1.40. The molecule has 0 aliphatic rings. The number of carboxylic acids is 1. The number of hydrogen-bond acceptors (Lipinski definition) is 3. The van der Waals surface area contributed by atoms with Gasteiger partial charge in [-0.05, 0) is 63.2 Å². The maximum Gasteiger partial charge on any atom is 0.323 e. The Bertz CT molecular complexity index is 373. The Kier molecular flexibility index (Phi) is 10.3. The minimum absolute atomic E-state index is 0.239. The summed E-state index contributed by atoms with van der Waals surface area (Å²) < 4.78 is 5.57. The van der Waals surface area contributed by atoms with E-state index >= 15 is 0 Å². The molecule has 0 aromatic carbocycles. The first kappa shape index (κ1) is 22.9. The molecule has 0 rings (SSSR count). The van der Waals surface area contributed by atoms with Crippen LogP contribution in [0.4, 0.5) is 0 Å². The van der Waals surface area contributed by atoms with E-state index in [0.717, 1.165) is 12.8 Å². The summed E-state index contributed by atoms with van der Waals surface area (Å²) in [7, 11) is 0. The maximum absolute atomic E-state index is 12.8. The van der Waals surface area contributed by atoms with Crippen LogP contribution in [0.5, 0.6) is 0 Å². The van der Waals surface area contributed by atoms with Crippen LogP contribution in [-0.2, 0) is 14.3 Å². The number of esters is 1. The maximum atomic E-state index is 12.8. The molecule has 0 aromatic rings. The van der Waals surface area contributed by atoms with Crippen LogP contribution in [0.25, 0.3) is 0 Å². The second-order valence-electron chi connectivity index (χ2n) is 8.44. The van der Waals surface area contributed by atoms with Crippen LogP contribution in [0.3, 0.4) is 0 Å². The number of rotatable bonds is 12. The van der Waals surface area contributed by atoms with Crippen molar-refractivity contribution >= 4 is 11.9 Å². The molecule has 4 nitrogen and oxygen atoms in total. The van der Waals surface area contributed by atoms with Crippen LogP contribution < -0.4 is 0 Å². The van der Waals surface area contributed by atoms with Gasteiger partial charge in [-0.15, -0.1) is 0 Å². The minimum atomic E-state index is -1.40. The Hall–Kier alpha value is -1.06. The summed E-state index contributed by atoms with van der Waals surface area (Å²) in [4.78, 5) is 24.8. The molecule has 0 saturated carbocycles. The molecule has 0 heterocycles. The van der Waals surface area contributed by atoms with E-state index in [4.69, 9.17) is 4.74 Å². The molecule has 0 aliphatic heterocycles. The van der Waals surface area contributed by atoms with E-state index in [1.165, 1.54) is 0 Å². The fourth-order valence-corrected chi connectivity index (χ4v) is 2.62. The molecule has 0 bridgehead atoms. The lowest BCUT2D eigenvalue weighted by Crippen LogP contribution is -2.42. The van der Waals surface area contributed by atoms with Crippen LogP contribution in [0.15, 0.2) is 0 Å². The number of hydrogen-bond donors (Lipinski definition) is 1. The highest BCUT2D eigenvalue weighted by molar-refractivity contribution is 5.99. The van der Waals surface area contributed by atoms with Crippen molar-refractivity contribution in [2.75, 3.05) is 0 Å². The monoisotopic (exact) mass is 342 g/mol. The van der Waals surface area contributed by atoms with E-state index in [-0.39, 0.29) is 6.10 Å². The Morgan fingerprint density at radius 2 is 1.21 bits per heavy atom. The van der Waals surface area contributed by atoms with Crippen LogP contribution >= 0.6 is 0 Å². The summed E-state index contributed by atoms with van der Waals surface area (Å²) in [6.45, 7) is 14.3. The molecule has 1 unspecified atom stereocenters. The zero-order valence-corrected chi connectivity index (χ0v) is 16.7. The van der Waals surface area contributed by atoms with Crippen molar-refractivity contribution < 1.29 is 19.4 Å². The van der Waals surface area contributed by atoms with Crippen molar-refractivity contribution in [2.24, 2.45) is 23.2 Å². The lowest BCUT2D eigenvalue weighted by molar-refractivity contribution is -0.174. The highest BCUT2D eigenvalue weighted by atomic mass is 16.5. The van der Waals surface area contributed by atoms with Crippen LogP contribution in [0, 0.1) is 23.2 Å². The number of carbonyl (C=O) groups is 2. The van der Waals surface area contributed by atoms with Gasteiger partial charge >= 0.3 is 11.9 Å². The molecular weight excluding hydrogens is 304 g/mol. The van der Waals surface area contributed by atoms with Gasteiger partial charge in [0.25, 0.3) is 0 Å². The van der Waals surface area contributed by atoms with Crippen molar-refractivity contribution in [1.29, 1.82) is 0 Å². The van der Waals surface area contributed by atoms with Crippen LogP contribution in [0.2, 0.25) is 0 Å². The Labute approximate surface area is 148 Å². The summed E-state index contributed by atoms with van der Waals surface area (Å²) in [6.07, 6.45) is 3.61. The molecule has 1 N–H and O–H groups in total. The lowest BCUT2D eigenvalue weighted by Gasteiger charge is -2.30. The largest absolute Gasteiger partial charge is 0.480 e. The molecule has 0 fully saturated rings. The zero-order chi connectivity index (χ0) is 18.9. The average molecular weight is 343 g/mol. The standard InChI is InChI=1S/C20H38O4/c1-14(2)8-9-17(7)24-19(23)20(18(21)22,12-10-15(3)4)13-11-16(5)6/h14-17H,8-13H2,1-7H3,(H,21,22). The van der Waals surface area contributed by atoms with E-state index < -0.39 is 17.4 Å². The van der Waals surface area contributed by atoms with Gasteiger partial charge in [-0.2, -0.15) is 0 Å². The third-order valence-corrected chi connectivity index (χ3v) is 4.56. The van der Waals surface area contributed by atoms with Gasteiger partial charge in [0.15, 0.2) is 5.41 Å². The summed E-state index contributed by atoms with van der Waals surface area (Å²) in [5.74, 6) is -0.336. The van der Waals surface area contributed by atoms with E-state index in [1.54, 1.807) is 0 Å². The topological polar surface area (TPSA) is 63.6 Å². The molecule has 0 radical (unpaired) electrons. The number of aliphatic carboxylic acids is 1. The minimum Gasteiger partial charge on any atom is -0.480 e.